The molecule has 5 aromatic heterocycles. The Kier molecular flexibility index (Phi) is 8.79. The van der Waals surface area contributed by atoms with Crippen LogP contribution < -0.4 is 0 Å². The van der Waals surface area contributed by atoms with Crippen LogP contribution in [0, 0.1) is 0 Å². The number of benzene rings is 10. The number of para-hydroxylation sites is 5. The highest BCUT2D eigenvalue weighted by atomic mass is 16.3. The van der Waals surface area contributed by atoms with Crippen molar-refractivity contribution in [1.29, 1.82) is 0 Å². The summed E-state index contributed by atoms with van der Waals surface area (Å²) < 4.78 is 17.6. The van der Waals surface area contributed by atoms with E-state index in [0.29, 0.717) is 23.5 Å². The van der Waals surface area contributed by atoms with Gasteiger partial charge >= 0.3 is 0 Å². The van der Waals surface area contributed by atoms with Crippen molar-refractivity contribution in [3.8, 4) is 68.1 Å². The summed E-state index contributed by atoms with van der Waals surface area (Å²) in [5.41, 5.74) is 15.3. The Balaban J connectivity index is 0.901. The molecule has 0 fully saturated rings. The van der Waals surface area contributed by atoms with Gasteiger partial charge in [-0.25, -0.2) is 9.97 Å². The van der Waals surface area contributed by atoms with Crippen molar-refractivity contribution in [3.05, 3.63) is 231 Å². The zero-order valence-electron chi connectivity index (χ0n) is 38.4. The molecular formula is C64H38N6O2. The minimum absolute atomic E-state index is 0.512. The van der Waals surface area contributed by atoms with Crippen molar-refractivity contribution in [2.24, 2.45) is 0 Å². The summed E-state index contributed by atoms with van der Waals surface area (Å²) in [4.78, 5) is 20.8. The number of fused-ring (bicyclic) bond motifs is 11. The van der Waals surface area contributed by atoms with Gasteiger partial charge in [-0.2, -0.15) is 9.97 Å². The molecule has 10 aromatic carbocycles. The summed E-state index contributed by atoms with van der Waals surface area (Å²) in [7, 11) is 0. The van der Waals surface area contributed by atoms with E-state index in [1.54, 1.807) is 0 Å². The van der Waals surface area contributed by atoms with Gasteiger partial charge in [0.1, 0.15) is 16.7 Å². The van der Waals surface area contributed by atoms with E-state index in [1.807, 2.05) is 97.1 Å². The molecular weight excluding hydrogens is 885 g/mol. The van der Waals surface area contributed by atoms with Crippen LogP contribution in [0.4, 0.5) is 0 Å². The molecule has 0 bridgehead atoms. The van der Waals surface area contributed by atoms with Crippen LogP contribution in [0.5, 0.6) is 0 Å². The molecule has 0 aliphatic heterocycles. The zero-order valence-corrected chi connectivity index (χ0v) is 38.4. The fourth-order valence-electron chi connectivity index (χ4n) is 10.7. The number of hydrogen-bond acceptors (Lipinski definition) is 6. The normalized spacial score (nSPS) is 11.9. The Morgan fingerprint density at radius 2 is 0.861 bits per heavy atom. The number of aromatic nitrogens is 6. The molecule has 0 aliphatic rings. The highest BCUT2D eigenvalue weighted by Crippen LogP contribution is 2.43. The molecule has 72 heavy (non-hydrogen) atoms. The molecule has 0 atom stereocenters. The second kappa shape index (κ2) is 15.8. The van der Waals surface area contributed by atoms with Gasteiger partial charge in [0, 0.05) is 54.7 Å². The summed E-state index contributed by atoms with van der Waals surface area (Å²) >= 11 is 0. The van der Waals surface area contributed by atoms with Crippen LogP contribution in [0.2, 0.25) is 0 Å². The molecule has 0 N–H and O–H groups in total. The molecule has 8 nitrogen and oxygen atoms in total. The first kappa shape index (κ1) is 40.0. The van der Waals surface area contributed by atoms with Crippen molar-refractivity contribution in [2.75, 3.05) is 0 Å². The third kappa shape index (κ3) is 6.19. The average molecular weight is 923 g/mol. The van der Waals surface area contributed by atoms with Crippen LogP contribution in [0.15, 0.2) is 239 Å². The summed E-state index contributed by atoms with van der Waals surface area (Å²) in [6.07, 6.45) is 0. The van der Waals surface area contributed by atoms with Crippen LogP contribution in [-0.2, 0) is 0 Å². The van der Waals surface area contributed by atoms with Crippen molar-refractivity contribution in [3.63, 3.8) is 0 Å². The molecule has 8 heteroatoms. The van der Waals surface area contributed by atoms with E-state index >= 15 is 0 Å². The Morgan fingerprint density at radius 3 is 1.60 bits per heavy atom. The number of oxazole rings is 1. The summed E-state index contributed by atoms with van der Waals surface area (Å²) in [5.74, 6) is 2.22. The molecule has 0 spiro atoms. The van der Waals surface area contributed by atoms with Crippen molar-refractivity contribution in [2.45, 2.75) is 0 Å². The first-order valence-electron chi connectivity index (χ1n) is 24.0. The van der Waals surface area contributed by atoms with E-state index < -0.39 is 0 Å². The maximum Gasteiger partial charge on any atom is 0.238 e. The highest BCUT2D eigenvalue weighted by Gasteiger charge is 2.25. The topological polar surface area (TPSA) is 87.7 Å². The lowest BCUT2D eigenvalue weighted by Gasteiger charge is -2.14. The monoisotopic (exact) mass is 922 g/mol. The molecule has 336 valence electrons. The predicted molar refractivity (Wildman–Crippen MR) is 291 cm³/mol. The van der Waals surface area contributed by atoms with Gasteiger partial charge in [0.25, 0.3) is 0 Å². The van der Waals surface area contributed by atoms with Crippen LogP contribution in [0.1, 0.15) is 0 Å². The molecule has 0 saturated carbocycles. The Morgan fingerprint density at radius 1 is 0.306 bits per heavy atom. The van der Waals surface area contributed by atoms with Gasteiger partial charge in [0.05, 0.1) is 27.6 Å². The van der Waals surface area contributed by atoms with Gasteiger partial charge in [-0.3, -0.25) is 4.57 Å². The molecule has 0 unspecified atom stereocenters. The van der Waals surface area contributed by atoms with Crippen LogP contribution in [-0.4, -0.2) is 29.1 Å². The molecule has 0 radical (unpaired) electrons. The van der Waals surface area contributed by atoms with E-state index in [0.717, 1.165) is 121 Å². The largest absolute Gasteiger partial charge is 0.455 e. The maximum absolute atomic E-state index is 6.58. The van der Waals surface area contributed by atoms with Gasteiger partial charge in [-0.05, 0) is 71.3 Å². The fourth-order valence-corrected chi connectivity index (χ4v) is 10.7. The predicted octanol–water partition coefficient (Wildman–Crippen LogP) is 16.4. The van der Waals surface area contributed by atoms with Gasteiger partial charge < -0.3 is 13.4 Å². The third-order valence-corrected chi connectivity index (χ3v) is 14.1. The Bertz CT molecular complexity index is 4610. The highest BCUT2D eigenvalue weighted by molar-refractivity contribution is 6.23. The first-order chi connectivity index (χ1) is 35.7. The lowest BCUT2D eigenvalue weighted by Crippen LogP contribution is -2.07. The number of rotatable bonds is 7. The van der Waals surface area contributed by atoms with Crippen LogP contribution >= 0.6 is 0 Å². The summed E-state index contributed by atoms with van der Waals surface area (Å²) in [6, 6.07) is 79.9. The summed E-state index contributed by atoms with van der Waals surface area (Å²) in [5, 5.41) is 6.54. The maximum atomic E-state index is 6.58. The standard InChI is InChI=1S/C64H38N6O2/c1-3-15-42(16-4-1)61-66-62(52-24-13-23-51-48-21-9-12-28-56(48)71-59(51)52)68-64(67-61)70-55-27-11-8-20-47(55)50-38-37-49-46-19-7-10-26-54(46)69(57(49)58(50)70)44-35-33-40(34-36-44)39-29-31-41(32-30-39)45-22-14-25-53-60(45)72-63(65-53)43-17-5-2-6-18-43/h1-38H. The lowest BCUT2D eigenvalue weighted by atomic mass is 9.99. The van der Waals surface area contributed by atoms with E-state index in [2.05, 4.69) is 143 Å². The SMILES string of the molecule is c1ccc(-c2nc(-c3cccc4c3oc3ccccc34)nc(-n3c4ccccc4c4ccc5c6ccccc6n(-c6ccc(-c7ccc(-c8cccc9nc(-c%10ccccc%10)oc89)cc7)cc6)c5c43)n2)cc1. The van der Waals surface area contributed by atoms with E-state index in [-0.39, 0.29) is 0 Å². The van der Waals surface area contributed by atoms with Gasteiger partial charge in [-0.15, -0.1) is 0 Å². The van der Waals surface area contributed by atoms with Gasteiger partial charge in [-0.1, -0.05) is 176 Å². The third-order valence-electron chi connectivity index (χ3n) is 14.1. The molecule has 0 amide bonds. The van der Waals surface area contributed by atoms with E-state index in [9.17, 15) is 0 Å². The quantitative estimate of drug-likeness (QED) is 0.158. The average Bonchev–Trinajstić information content (AvgIpc) is 4.23. The second-order valence-corrected chi connectivity index (χ2v) is 18.2. The van der Waals surface area contributed by atoms with Crippen LogP contribution in [0.3, 0.4) is 0 Å². The van der Waals surface area contributed by atoms with Gasteiger partial charge in [0.15, 0.2) is 17.2 Å². The molecule has 0 aliphatic carbocycles. The molecule has 15 rings (SSSR count). The smallest absolute Gasteiger partial charge is 0.238 e. The van der Waals surface area contributed by atoms with Crippen LogP contribution in [0.25, 0.3) is 145 Å². The fraction of sp³-hybridized carbons (Fsp3) is 0. The molecule has 15 aromatic rings. The molecule has 5 heterocycles. The second-order valence-electron chi connectivity index (χ2n) is 18.2. The number of hydrogen-bond donors (Lipinski definition) is 0. The van der Waals surface area contributed by atoms with E-state index in [4.69, 9.17) is 28.8 Å². The number of furan rings is 1. The van der Waals surface area contributed by atoms with Crippen molar-refractivity contribution < 1.29 is 8.83 Å². The molecule has 0 saturated heterocycles. The van der Waals surface area contributed by atoms with Crippen molar-refractivity contribution in [1.82, 2.24) is 29.1 Å². The Labute approximate surface area is 411 Å². The van der Waals surface area contributed by atoms with Gasteiger partial charge in [0.2, 0.25) is 11.8 Å². The van der Waals surface area contributed by atoms with E-state index in [1.165, 1.54) is 0 Å². The Hall–Kier alpha value is -9.92. The summed E-state index contributed by atoms with van der Waals surface area (Å²) in [6.45, 7) is 0. The minimum atomic E-state index is 0.512. The zero-order chi connectivity index (χ0) is 47.3. The first-order valence-corrected chi connectivity index (χ1v) is 24.0. The van der Waals surface area contributed by atoms with Crippen molar-refractivity contribution >= 4 is 76.6 Å². The number of nitrogens with zero attached hydrogens (tertiary/aromatic N) is 6. The lowest BCUT2D eigenvalue weighted by molar-refractivity contribution is 0.621. The minimum Gasteiger partial charge on any atom is -0.455 e.